The molecule has 0 N–H and O–H groups in total. The monoisotopic (exact) mass is 190 g/mol. The van der Waals surface area contributed by atoms with Crippen molar-refractivity contribution in [3.63, 3.8) is 0 Å². The molecule has 0 spiro atoms. The highest BCUT2D eigenvalue weighted by Gasteiger charge is 2.00. The molecule has 0 fully saturated rings. The highest BCUT2D eigenvalue weighted by Crippen LogP contribution is 2.15. The van der Waals surface area contributed by atoms with Gasteiger partial charge in [-0.2, -0.15) is 0 Å². The average Bonchev–Trinajstić information content (AvgIpc) is 2.20. The molecule has 1 rings (SSSR count). The van der Waals surface area contributed by atoms with Gasteiger partial charge in [-0.1, -0.05) is 50.5 Å². The quantitative estimate of drug-likeness (QED) is 0.608. The Hall–Kier alpha value is -0.780. The third kappa shape index (κ3) is 3.17. The maximum absolute atomic E-state index is 2.33. The fraction of sp³-hybridized carbons (Fsp3) is 0.571. The van der Waals surface area contributed by atoms with E-state index in [-0.39, 0.29) is 0 Å². The molecular weight excluding hydrogens is 168 g/mol. The van der Waals surface area contributed by atoms with Gasteiger partial charge < -0.3 is 0 Å². The number of rotatable bonds is 5. The van der Waals surface area contributed by atoms with Gasteiger partial charge in [0.1, 0.15) is 0 Å². The Morgan fingerprint density at radius 3 is 2.43 bits per heavy atom. The van der Waals surface area contributed by atoms with Crippen LogP contribution in [0, 0.1) is 6.92 Å². The molecule has 14 heavy (non-hydrogen) atoms. The maximum atomic E-state index is 2.33. The first kappa shape index (κ1) is 11.3. The summed E-state index contributed by atoms with van der Waals surface area (Å²) >= 11 is 0. The zero-order valence-corrected chi connectivity index (χ0v) is 9.77. The molecule has 0 heterocycles. The van der Waals surface area contributed by atoms with E-state index in [1.165, 1.54) is 37.7 Å². The predicted molar refractivity (Wildman–Crippen MR) is 63.8 cm³/mol. The SMILES string of the molecule is CCCCCc1ccc(C)cc1CC. The van der Waals surface area contributed by atoms with Gasteiger partial charge in [0.05, 0.1) is 0 Å². The molecule has 0 aromatic heterocycles. The van der Waals surface area contributed by atoms with Crippen molar-refractivity contribution in [2.75, 3.05) is 0 Å². The van der Waals surface area contributed by atoms with Gasteiger partial charge in [0.2, 0.25) is 0 Å². The van der Waals surface area contributed by atoms with Gasteiger partial charge >= 0.3 is 0 Å². The highest BCUT2D eigenvalue weighted by atomic mass is 14.1. The molecule has 0 unspecified atom stereocenters. The van der Waals surface area contributed by atoms with Crippen LogP contribution in [0.1, 0.15) is 49.8 Å². The summed E-state index contributed by atoms with van der Waals surface area (Å²) in [5.74, 6) is 0. The summed E-state index contributed by atoms with van der Waals surface area (Å²) in [5.41, 5.74) is 4.49. The minimum atomic E-state index is 1.17. The van der Waals surface area contributed by atoms with Crippen molar-refractivity contribution in [2.24, 2.45) is 0 Å². The smallest absolute Gasteiger partial charge is 0.0276 e. The second-order valence-corrected chi connectivity index (χ2v) is 4.08. The lowest BCUT2D eigenvalue weighted by Crippen LogP contribution is -1.93. The normalized spacial score (nSPS) is 10.5. The van der Waals surface area contributed by atoms with Crippen LogP contribution in [0.25, 0.3) is 0 Å². The molecular formula is C14H22. The molecule has 0 atom stereocenters. The maximum Gasteiger partial charge on any atom is -0.0276 e. The van der Waals surface area contributed by atoms with Crippen molar-refractivity contribution in [1.82, 2.24) is 0 Å². The van der Waals surface area contributed by atoms with Crippen LogP contribution in [0.5, 0.6) is 0 Å². The van der Waals surface area contributed by atoms with E-state index in [9.17, 15) is 0 Å². The minimum absolute atomic E-state index is 1.17. The number of hydrogen-bond donors (Lipinski definition) is 0. The molecule has 0 heteroatoms. The van der Waals surface area contributed by atoms with Crippen molar-refractivity contribution >= 4 is 0 Å². The highest BCUT2D eigenvalue weighted by molar-refractivity contribution is 5.31. The first-order valence-corrected chi connectivity index (χ1v) is 5.86. The van der Waals surface area contributed by atoms with E-state index in [2.05, 4.69) is 39.0 Å². The van der Waals surface area contributed by atoms with Gasteiger partial charge in [0.25, 0.3) is 0 Å². The number of unbranched alkanes of at least 4 members (excludes halogenated alkanes) is 2. The summed E-state index contributed by atoms with van der Waals surface area (Å²) < 4.78 is 0. The van der Waals surface area contributed by atoms with Gasteiger partial charge in [-0.3, -0.25) is 0 Å². The Morgan fingerprint density at radius 1 is 1.00 bits per heavy atom. The molecule has 0 saturated heterocycles. The van der Waals surface area contributed by atoms with Crippen molar-refractivity contribution in [2.45, 2.75) is 52.9 Å². The van der Waals surface area contributed by atoms with E-state index in [1.54, 1.807) is 11.1 Å². The summed E-state index contributed by atoms with van der Waals surface area (Å²) in [6.07, 6.45) is 6.44. The van der Waals surface area contributed by atoms with Crippen molar-refractivity contribution in [1.29, 1.82) is 0 Å². The van der Waals surface area contributed by atoms with Crippen LogP contribution in [0.3, 0.4) is 0 Å². The largest absolute Gasteiger partial charge is 0.0654 e. The van der Waals surface area contributed by atoms with Crippen LogP contribution in [0.2, 0.25) is 0 Å². The molecule has 0 saturated carbocycles. The summed E-state index contributed by atoms with van der Waals surface area (Å²) in [6.45, 7) is 6.68. The first-order valence-electron chi connectivity index (χ1n) is 5.86. The predicted octanol–water partition coefficient (Wildman–Crippen LogP) is 4.29. The second kappa shape index (κ2) is 5.85. The standard InChI is InChI=1S/C14H22/c1-4-6-7-8-14-10-9-12(3)11-13(14)5-2/h9-11H,4-8H2,1-3H3. The van der Waals surface area contributed by atoms with Crippen LogP contribution in [0.15, 0.2) is 18.2 Å². The molecule has 0 aliphatic heterocycles. The van der Waals surface area contributed by atoms with E-state index in [1.807, 2.05) is 0 Å². The van der Waals surface area contributed by atoms with Crippen molar-refractivity contribution in [3.05, 3.63) is 34.9 Å². The molecule has 0 aliphatic carbocycles. The van der Waals surface area contributed by atoms with Gasteiger partial charge in [-0.25, -0.2) is 0 Å². The third-order valence-electron chi connectivity index (χ3n) is 2.79. The summed E-state index contributed by atoms with van der Waals surface area (Å²) in [4.78, 5) is 0. The van der Waals surface area contributed by atoms with E-state index < -0.39 is 0 Å². The average molecular weight is 190 g/mol. The van der Waals surface area contributed by atoms with Crippen LogP contribution >= 0.6 is 0 Å². The molecule has 0 radical (unpaired) electrons. The fourth-order valence-corrected chi connectivity index (χ4v) is 1.89. The van der Waals surface area contributed by atoms with Crippen LogP contribution in [-0.4, -0.2) is 0 Å². The first-order chi connectivity index (χ1) is 6.77. The Bertz CT molecular complexity index is 273. The molecule has 78 valence electrons. The lowest BCUT2D eigenvalue weighted by atomic mass is 9.98. The summed E-state index contributed by atoms with van der Waals surface area (Å²) in [5, 5.41) is 0. The van der Waals surface area contributed by atoms with Crippen molar-refractivity contribution < 1.29 is 0 Å². The van der Waals surface area contributed by atoms with Crippen LogP contribution in [0.4, 0.5) is 0 Å². The second-order valence-electron chi connectivity index (χ2n) is 4.08. The third-order valence-corrected chi connectivity index (χ3v) is 2.79. The van der Waals surface area contributed by atoms with Gasteiger partial charge in [0, 0.05) is 0 Å². The zero-order valence-electron chi connectivity index (χ0n) is 9.77. The Labute approximate surface area is 88.4 Å². The molecule has 0 amide bonds. The summed E-state index contributed by atoms with van der Waals surface area (Å²) in [6, 6.07) is 6.88. The topological polar surface area (TPSA) is 0 Å². The number of aryl methyl sites for hydroxylation is 3. The van der Waals surface area contributed by atoms with E-state index in [4.69, 9.17) is 0 Å². The number of benzene rings is 1. The summed E-state index contributed by atoms with van der Waals surface area (Å²) in [7, 11) is 0. The lowest BCUT2D eigenvalue weighted by Gasteiger charge is -2.08. The Kier molecular flexibility index (Phi) is 4.72. The van der Waals surface area contributed by atoms with Crippen molar-refractivity contribution in [3.8, 4) is 0 Å². The minimum Gasteiger partial charge on any atom is -0.0654 e. The molecule has 0 nitrogen and oxygen atoms in total. The number of hydrogen-bond acceptors (Lipinski definition) is 0. The van der Waals surface area contributed by atoms with E-state index in [0.29, 0.717) is 0 Å². The Morgan fingerprint density at radius 2 is 1.79 bits per heavy atom. The van der Waals surface area contributed by atoms with Gasteiger partial charge in [-0.15, -0.1) is 0 Å². The zero-order chi connectivity index (χ0) is 10.4. The van der Waals surface area contributed by atoms with Crippen LogP contribution in [-0.2, 0) is 12.8 Å². The van der Waals surface area contributed by atoms with Gasteiger partial charge in [-0.05, 0) is 37.3 Å². The molecule has 1 aromatic rings. The fourth-order valence-electron chi connectivity index (χ4n) is 1.89. The molecule has 0 bridgehead atoms. The molecule has 0 aliphatic rings. The van der Waals surface area contributed by atoms with Crippen LogP contribution < -0.4 is 0 Å². The van der Waals surface area contributed by atoms with E-state index >= 15 is 0 Å². The van der Waals surface area contributed by atoms with E-state index in [0.717, 1.165) is 0 Å². The molecule has 1 aromatic carbocycles. The Balaban J connectivity index is 2.65. The van der Waals surface area contributed by atoms with Gasteiger partial charge in [0.15, 0.2) is 0 Å². The lowest BCUT2D eigenvalue weighted by molar-refractivity contribution is 0.713.